The quantitative estimate of drug-likeness (QED) is 0.611. The van der Waals surface area contributed by atoms with Crippen LogP contribution in [0, 0.1) is 0 Å². The summed E-state index contributed by atoms with van der Waals surface area (Å²) in [7, 11) is 0. The molecule has 1 aliphatic carbocycles. The van der Waals surface area contributed by atoms with Crippen LogP contribution in [0.25, 0.3) is 0 Å². The van der Waals surface area contributed by atoms with Crippen LogP contribution in [-0.2, 0) is 0 Å². The molecule has 0 aromatic heterocycles. The first kappa shape index (κ1) is 14.5. The van der Waals surface area contributed by atoms with Gasteiger partial charge in [-0.2, -0.15) is 0 Å². The molecule has 0 spiro atoms. The Morgan fingerprint density at radius 3 is 1.32 bits per heavy atom. The van der Waals surface area contributed by atoms with E-state index in [4.69, 9.17) is 0 Å². The van der Waals surface area contributed by atoms with Crippen LogP contribution in [0.4, 0.5) is 0 Å². The van der Waals surface area contributed by atoms with Crippen molar-refractivity contribution >= 4 is 0 Å². The van der Waals surface area contributed by atoms with E-state index >= 15 is 0 Å². The minimum atomic E-state index is -1.33. The SMILES string of the molecule is [O-]C1C(c2ccc(O)cc2O)C([O-])C1c1ccc(O)cc1O. The molecule has 22 heavy (non-hydrogen) atoms. The lowest BCUT2D eigenvalue weighted by Crippen LogP contribution is -2.63. The number of rotatable bonds is 2. The summed E-state index contributed by atoms with van der Waals surface area (Å²) in [6.45, 7) is 0. The largest absolute Gasteiger partial charge is 0.851 e. The summed E-state index contributed by atoms with van der Waals surface area (Å²) in [5.41, 5.74) is 0.402. The van der Waals surface area contributed by atoms with Gasteiger partial charge in [-0.15, -0.1) is 12.2 Å². The van der Waals surface area contributed by atoms with E-state index in [2.05, 4.69) is 0 Å². The minimum absolute atomic E-state index is 0.154. The molecule has 0 bridgehead atoms. The molecule has 1 aliphatic rings. The van der Waals surface area contributed by atoms with Gasteiger partial charge in [0.05, 0.1) is 0 Å². The first-order valence-electron chi connectivity index (χ1n) is 6.75. The van der Waals surface area contributed by atoms with Gasteiger partial charge in [-0.05, 0) is 35.1 Å². The number of hydrogen-bond acceptors (Lipinski definition) is 6. The molecule has 3 rings (SSSR count). The van der Waals surface area contributed by atoms with Crippen molar-refractivity contribution in [3.63, 3.8) is 0 Å². The number of phenolic OH excluding ortho intramolecular Hbond substituents is 4. The lowest BCUT2D eigenvalue weighted by molar-refractivity contribution is -0.536. The third-order valence-corrected chi connectivity index (χ3v) is 4.16. The number of phenols is 4. The average molecular weight is 302 g/mol. The Labute approximate surface area is 126 Å². The Balaban J connectivity index is 1.91. The highest BCUT2D eigenvalue weighted by molar-refractivity contribution is 5.49. The van der Waals surface area contributed by atoms with Gasteiger partial charge in [-0.3, -0.25) is 0 Å². The van der Waals surface area contributed by atoms with Crippen LogP contribution in [0.15, 0.2) is 36.4 Å². The van der Waals surface area contributed by atoms with E-state index in [1.165, 1.54) is 24.3 Å². The maximum atomic E-state index is 12.4. The fourth-order valence-electron chi connectivity index (χ4n) is 3.01. The molecular weight excluding hydrogens is 288 g/mol. The van der Waals surface area contributed by atoms with Gasteiger partial charge in [0.15, 0.2) is 0 Å². The topological polar surface area (TPSA) is 127 Å². The maximum absolute atomic E-state index is 12.4. The van der Waals surface area contributed by atoms with Crippen molar-refractivity contribution in [2.24, 2.45) is 0 Å². The zero-order valence-electron chi connectivity index (χ0n) is 11.4. The van der Waals surface area contributed by atoms with Crippen LogP contribution in [0.1, 0.15) is 23.0 Å². The van der Waals surface area contributed by atoms with Crippen molar-refractivity contribution in [2.45, 2.75) is 24.0 Å². The van der Waals surface area contributed by atoms with Crippen molar-refractivity contribution in [1.82, 2.24) is 0 Å². The summed E-state index contributed by atoms with van der Waals surface area (Å²) in [5.74, 6) is -2.78. The van der Waals surface area contributed by atoms with Crippen LogP contribution < -0.4 is 10.2 Å². The van der Waals surface area contributed by atoms with Crippen LogP contribution in [0.2, 0.25) is 0 Å². The van der Waals surface area contributed by atoms with Crippen LogP contribution >= 0.6 is 0 Å². The van der Waals surface area contributed by atoms with Crippen LogP contribution in [0.3, 0.4) is 0 Å². The summed E-state index contributed by atoms with van der Waals surface area (Å²) in [6.07, 6.45) is -2.65. The monoisotopic (exact) mass is 302 g/mol. The van der Waals surface area contributed by atoms with Crippen molar-refractivity contribution in [3.05, 3.63) is 47.5 Å². The van der Waals surface area contributed by atoms with Gasteiger partial charge in [0.2, 0.25) is 0 Å². The van der Waals surface area contributed by atoms with Crippen molar-refractivity contribution in [3.8, 4) is 23.0 Å². The third kappa shape index (κ3) is 2.13. The molecule has 2 aromatic rings. The Kier molecular flexibility index (Phi) is 3.35. The summed E-state index contributed by atoms with van der Waals surface area (Å²) < 4.78 is 0. The Morgan fingerprint density at radius 1 is 0.636 bits per heavy atom. The fourth-order valence-corrected chi connectivity index (χ4v) is 3.01. The molecule has 6 heteroatoms. The minimum Gasteiger partial charge on any atom is -0.851 e. The summed E-state index contributed by atoms with van der Waals surface area (Å²) >= 11 is 0. The van der Waals surface area contributed by atoms with Crippen molar-refractivity contribution in [2.75, 3.05) is 0 Å². The maximum Gasteiger partial charge on any atom is 0.122 e. The van der Waals surface area contributed by atoms with Gasteiger partial charge < -0.3 is 30.6 Å². The summed E-state index contributed by atoms with van der Waals surface area (Å²) in [6, 6.07) is 7.50. The highest BCUT2D eigenvalue weighted by Crippen LogP contribution is 2.50. The van der Waals surface area contributed by atoms with Crippen LogP contribution in [0.5, 0.6) is 23.0 Å². The smallest absolute Gasteiger partial charge is 0.122 e. The number of benzene rings is 2. The molecule has 116 valence electrons. The molecule has 2 aromatic carbocycles. The highest BCUT2D eigenvalue weighted by atomic mass is 16.3. The molecule has 0 heterocycles. The van der Waals surface area contributed by atoms with Gasteiger partial charge in [-0.1, -0.05) is 12.1 Å². The molecule has 1 saturated carbocycles. The molecule has 0 saturated heterocycles. The van der Waals surface area contributed by atoms with Gasteiger partial charge in [0.25, 0.3) is 0 Å². The first-order valence-corrected chi connectivity index (χ1v) is 6.75. The molecule has 0 radical (unpaired) electrons. The molecule has 1 fully saturated rings. The zero-order valence-corrected chi connectivity index (χ0v) is 11.4. The normalized spacial score (nSPS) is 27.4. The molecule has 6 nitrogen and oxygen atoms in total. The second kappa shape index (κ2) is 5.08. The third-order valence-electron chi connectivity index (χ3n) is 4.16. The Morgan fingerprint density at radius 2 is 1.00 bits per heavy atom. The highest BCUT2D eigenvalue weighted by Gasteiger charge is 2.40. The van der Waals surface area contributed by atoms with Crippen molar-refractivity contribution in [1.29, 1.82) is 0 Å². The average Bonchev–Trinajstić information content (AvgIpc) is 2.45. The lowest BCUT2D eigenvalue weighted by atomic mass is 9.63. The van der Waals surface area contributed by atoms with E-state index in [0.29, 0.717) is 0 Å². The second-order valence-electron chi connectivity index (χ2n) is 5.47. The molecule has 0 unspecified atom stereocenters. The summed E-state index contributed by atoms with van der Waals surface area (Å²) in [4.78, 5) is 0. The summed E-state index contributed by atoms with van der Waals surface area (Å²) in [5, 5.41) is 62.9. The molecule has 0 amide bonds. The molecule has 0 aliphatic heterocycles. The fraction of sp³-hybridized carbons (Fsp3) is 0.250. The van der Waals surface area contributed by atoms with Gasteiger partial charge in [0.1, 0.15) is 23.0 Å². The van der Waals surface area contributed by atoms with E-state index in [9.17, 15) is 30.6 Å². The van der Waals surface area contributed by atoms with Gasteiger partial charge in [0, 0.05) is 12.1 Å². The number of aromatic hydroxyl groups is 4. The Hall–Kier alpha value is -2.44. The second-order valence-corrected chi connectivity index (χ2v) is 5.47. The zero-order chi connectivity index (χ0) is 16.0. The predicted octanol–water partition coefficient (Wildman–Crippen LogP) is -0.152. The van der Waals surface area contributed by atoms with E-state index in [0.717, 1.165) is 12.1 Å². The molecule has 0 atom stereocenters. The standard InChI is InChI=1S/C16H14O6/c17-7-1-3-9(11(19)5-7)13-15(21)14(16(13)22)10-4-2-8(18)6-12(10)20/h1-6,13-20H/q-2. The van der Waals surface area contributed by atoms with E-state index in [-0.39, 0.29) is 34.1 Å². The van der Waals surface area contributed by atoms with Gasteiger partial charge >= 0.3 is 0 Å². The first-order chi connectivity index (χ1) is 10.4. The Bertz CT molecular complexity index is 644. The molecular formula is C16H14O6-2. The number of hydrogen-bond donors (Lipinski definition) is 4. The van der Waals surface area contributed by atoms with E-state index in [1.807, 2.05) is 0 Å². The van der Waals surface area contributed by atoms with Crippen molar-refractivity contribution < 1.29 is 30.6 Å². The lowest BCUT2D eigenvalue weighted by Gasteiger charge is -2.61. The predicted molar refractivity (Wildman–Crippen MR) is 72.6 cm³/mol. The van der Waals surface area contributed by atoms with Crippen LogP contribution in [-0.4, -0.2) is 32.6 Å². The molecule has 4 N–H and O–H groups in total. The van der Waals surface area contributed by atoms with E-state index in [1.54, 1.807) is 0 Å². The van der Waals surface area contributed by atoms with E-state index < -0.39 is 24.0 Å². The van der Waals surface area contributed by atoms with Gasteiger partial charge in [-0.25, -0.2) is 0 Å².